The number of benzene rings is 3. The van der Waals surface area contributed by atoms with Crippen LogP contribution >= 0.6 is 0 Å². The van der Waals surface area contributed by atoms with Crippen molar-refractivity contribution in [1.82, 2.24) is 0 Å². The van der Waals surface area contributed by atoms with Gasteiger partial charge in [-0.15, -0.1) is 0 Å². The van der Waals surface area contributed by atoms with Crippen molar-refractivity contribution in [2.75, 3.05) is 5.06 Å². The van der Waals surface area contributed by atoms with Crippen molar-refractivity contribution in [2.45, 2.75) is 25.0 Å². The molecule has 0 radical (unpaired) electrons. The van der Waals surface area contributed by atoms with Crippen molar-refractivity contribution in [3.63, 3.8) is 0 Å². The summed E-state index contributed by atoms with van der Waals surface area (Å²) >= 11 is 0. The first-order valence-electron chi connectivity index (χ1n) is 7.92. The van der Waals surface area contributed by atoms with Crippen molar-refractivity contribution < 1.29 is 4.84 Å². The molecule has 22 heavy (non-hydrogen) atoms. The number of nitrogens with zero attached hydrogens (tertiary/aromatic N) is 1. The lowest BCUT2D eigenvalue weighted by molar-refractivity contribution is 0.0741. The normalized spacial score (nSPS) is 22.8. The molecule has 2 bridgehead atoms. The van der Waals surface area contributed by atoms with E-state index in [1.165, 1.54) is 27.6 Å². The summed E-state index contributed by atoms with van der Waals surface area (Å²) in [5, 5.41) is 4.74. The molecule has 1 saturated heterocycles. The van der Waals surface area contributed by atoms with E-state index < -0.39 is 0 Å². The number of rotatable bonds is 1. The first kappa shape index (κ1) is 12.2. The molecular formula is C20H17NO. The first-order valence-corrected chi connectivity index (χ1v) is 7.92. The summed E-state index contributed by atoms with van der Waals surface area (Å²) < 4.78 is 0. The van der Waals surface area contributed by atoms with Gasteiger partial charge in [-0.2, -0.15) is 0 Å². The Hall–Kier alpha value is -2.32. The summed E-state index contributed by atoms with van der Waals surface area (Å²) in [6.07, 6.45) is 2.38. The summed E-state index contributed by atoms with van der Waals surface area (Å²) in [5.74, 6) is 0. The standard InChI is InChI=1S/C20H17NO/c1-2-7-15(8-3-1)19-13-17-12-16-11-10-14-6-4-5-9-18(14)20(16)21(19)22-17/h1-11,17,19H,12-13H2. The van der Waals surface area contributed by atoms with Gasteiger partial charge < -0.3 is 0 Å². The molecule has 2 aliphatic heterocycles. The third kappa shape index (κ3) is 1.71. The molecule has 5 rings (SSSR count). The van der Waals surface area contributed by atoms with Gasteiger partial charge in [0.2, 0.25) is 0 Å². The van der Waals surface area contributed by atoms with Gasteiger partial charge in [-0.3, -0.25) is 4.84 Å². The van der Waals surface area contributed by atoms with Crippen LogP contribution in [0.4, 0.5) is 5.69 Å². The Kier molecular flexibility index (Phi) is 2.55. The molecular weight excluding hydrogens is 270 g/mol. The van der Waals surface area contributed by atoms with Gasteiger partial charge in [0, 0.05) is 18.2 Å². The van der Waals surface area contributed by atoms with Gasteiger partial charge in [0.1, 0.15) is 0 Å². The number of hydroxylamine groups is 1. The Morgan fingerprint density at radius 3 is 2.59 bits per heavy atom. The van der Waals surface area contributed by atoms with Crippen LogP contribution in [0.15, 0.2) is 66.7 Å². The number of hydrogen-bond donors (Lipinski definition) is 0. The molecule has 2 atom stereocenters. The maximum Gasteiger partial charge on any atom is 0.0921 e. The predicted molar refractivity (Wildman–Crippen MR) is 88.8 cm³/mol. The summed E-state index contributed by atoms with van der Waals surface area (Å²) in [4.78, 5) is 6.23. The van der Waals surface area contributed by atoms with Gasteiger partial charge in [0.25, 0.3) is 0 Å². The molecule has 2 nitrogen and oxygen atoms in total. The van der Waals surface area contributed by atoms with E-state index in [2.05, 4.69) is 71.8 Å². The van der Waals surface area contributed by atoms with Crippen molar-refractivity contribution in [2.24, 2.45) is 0 Å². The Bertz CT molecular complexity index is 843. The van der Waals surface area contributed by atoms with Gasteiger partial charge in [0.15, 0.2) is 0 Å². The van der Waals surface area contributed by atoms with E-state index >= 15 is 0 Å². The highest BCUT2D eigenvalue weighted by molar-refractivity contribution is 5.96. The fourth-order valence-corrected chi connectivity index (χ4v) is 3.87. The monoisotopic (exact) mass is 287 g/mol. The zero-order valence-corrected chi connectivity index (χ0v) is 12.3. The summed E-state index contributed by atoms with van der Waals surface area (Å²) in [6, 6.07) is 24.1. The van der Waals surface area contributed by atoms with Crippen molar-refractivity contribution in [1.29, 1.82) is 0 Å². The Morgan fingerprint density at radius 2 is 1.68 bits per heavy atom. The minimum atomic E-state index is 0.305. The summed E-state index contributed by atoms with van der Waals surface area (Å²) in [7, 11) is 0. The van der Waals surface area contributed by atoms with E-state index in [0.717, 1.165) is 12.8 Å². The van der Waals surface area contributed by atoms with Crippen LogP contribution in [0.5, 0.6) is 0 Å². The van der Waals surface area contributed by atoms with Gasteiger partial charge >= 0.3 is 0 Å². The lowest BCUT2D eigenvalue weighted by Crippen LogP contribution is -2.27. The van der Waals surface area contributed by atoms with E-state index in [0.29, 0.717) is 12.1 Å². The zero-order chi connectivity index (χ0) is 14.5. The van der Waals surface area contributed by atoms with Crippen LogP contribution in [0.3, 0.4) is 0 Å². The van der Waals surface area contributed by atoms with Gasteiger partial charge in [-0.1, -0.05) is 66.7 Å². The van der Waals surface area contributed by atoms with Crippen molar-refractivity contribution >= 4 is 16.5 Å². The molecule has 2 unspecified atom stereocenters. The fraction of sp³-hybridized carbons (Fsp3) is 0.200. The maximum absolute atomic E-state index is 6.23. The Labute approximate surface area is 129 Å². The highest BCUT2D eigenvalue weighted by Crippen LogP contribution is 2.47. The molecule has 0 saturated carbocycles. The van der Waals surface area contributed by atoms with Crippen LogP contribution in [0, 0.1) is 0 Å². The average Bonchev–Trinajstić information content (AvgIpc) is 2.92. The minimum Gasteiger partial charge on any atom is -0.269 e. The lowest BCUT2D eigenvalue weighted by Gasteiger charge is -2.31. The fourth-order valence-electron chi connectivity index (χ4n) is 3.87. The van der Waals surface area contributed by atoms with Crippen LogP contribution in [-0.4, -0.2) is 6.10 Å². The van der Waals surface area contributed by atoms with Gasteiger partial charge in [0.05, 0.1) is 17.8 Å². The van der Waals surface area contributed by atoms with Crippen molar-refractivity contribution in [3.8, 4) is 0 Å². The molecule has 2 heteroatoms. The van der Waals surface area contributed by atoms with E-state index in [9.17, 15) is 0 Å². The molecule has 0 amide bonds. The van der Waals surface area contributed by atoms with Crippen molar-refractivity contribution in [3.05, 3.63) is 77.9 Å². The number of fused-ring (bicyclic) bond motifs is 6. The molecule has 3 aromatic carbocycles. The maximum atomic E-state index is 6.23. The van der Waals surface area contributed by atoms with E-state index in [-0.39, 0.29) is 0 Å². The van der Waals surface area contributed by atoms with Gasteiger partial charge in [-0.05, 0) is 16.5 Å². The van der Waals surface area contributed by atoms with Crippen LogP contribution in [0.25, 0.3) is 10.8 Å². The van der Waals surface area contributed by atoms with Crippen LogP contribution in [-0.2, 0) is 11.3 Å². The largest absolute Gasteiger partial charge is 0.269 e. The molecule has 0 spiro atoms. The smallest absolute Gasteiger partial charge is 0.0921 e. The summed E-state index contributed by atoms with van der Waals surface area (Å²) in [6.45, 7) is 0. The molecule has 0 aromatic heterocycles. The molecule has 1 fully saturated rings. The van der Waals surface area contributed by atoms with Gasteiger partial charge in [-0.25, -0.2) is 5.06 Å². The molecule has 0 aliphatic carbocycles. The number of anilines is 1. The second kappa shape index (κ2) is 4.59. The molecule has 0 N–H and O–H groups in total. The first-order chi connectivity index (χ1) is 10.9. The van der Waals surface area contributed by atoms with E-state index in [1.54, 1.807) is 0 Å². The average molecular weight is 287 g/mol. The predicted octanol–water partition coefficient (Wildman–Crippen LogP) is 4.65. The third-order valence-corrected chi connectivity index (χ3v) is 4.87. The SMILES string of the molecule is c1ccc(C2CC3Cc4ccc5ccccc5c4N2O3)cc1. The minimum absolute atomic E-state index is 0.305. The molecule has 108 valence electrons. The van der Waals surface area contributed by atoms with E-state index in [4.69, 9.17) is 4.84 Å². The van der Waals surface area contributed by atoms with E-state index in [1.807, 2.05) is 0 Å². The Balaban J connectivity index is 1.71. The Morgan fingerprint density at radius 1 is 0.864 bits per heavy atom. The molecule has 3 aromatic rings. The van der Waals surface area contributed by atoms with Crippen LogP contribution in [0.1, 0.15) is 23.6 Å². The zero-order valence-electron chi connectivity index (χ0n) is 12.3. The summed E-state index contributed by atoms with van der Waals surface area (Å²) in [5.41, 5.74) is 4.01. The van der Waals surface area contributed by atoms with Crippen LogP contribution in [0.2, 0.25) is 0 Å². The van der Waals surface area contributed by atoms with Crippen LogP contribution < -0.4 is 5.06 Å². The second-order valence-corrected chi connectivity index (χ2v) is 6.21. The quantitative estimate of drug-likeness (QED) is 0.646. The lowest BCUT2D eigenvalue weighted by atomic mass is 9.99. The second-order valence-electron chi connectivity index (χ2n) is 6.21. The third-order valence-electron chi connectivity index (χ3n) is 4.87. The molecule has 2 aliphatic rings. The molecule has 2 heterocycles. The topological polar surface area (TPSA) is 12.5 Å². The highest BCUT2D eigenvalue weighted by Gasteiger charge is 2.40. The number of hydrogen-bond acceptors (Lipinski definition) is 2. The highest BCUT2D eigenvalue weighted by atomic mass is 16.7.